The lowest BCUT2D eigenvalue weighted by Crippen LogP contribution is -2.07. The first kappa shape index (κ1) is 5.03. The Labute approximate surface area is 41.5 Å². The molecule has 3 heteroatoms. The third kappa shape index (κ3) is 1.12. The van der Waals surface area contributed by atoms with Crippen molar-refractivity contribution in [3.8, 4) is 0 Å². The molecular weight excluding hydrogens is 96.0 g/mol. The van der Waals surface area contributed by atoms with Gasteiger partial charge in [0.2, 0.25) is 0 Å². The van der Waals surface area contributed by atoms with Crippen molar-refractivity contribution in [2.75, 3.05) is 0 Å². The van der Waals surface area contributed by atoms with Crippen LogP contribution in [0.4, 0.5) is 0 Å². The van der Waals surface area contributed by atoms with Crippen LogP contribution in [0.1, 0.15) is 12.8 Å². The molecule has 0 saturated carbocycles. The van der Waals surface area contributed by atoms with Crippen LogP contribution >= 0.6 is 0 Å². The zero-order valence-electron chi connectivity index (χ0n) is 3.87. The van der Waals surface area contributed by atoms with Crippen LogP contribution in [0.25, 0.3) is 0 Å². The highest BCUT2D eigenvalue weighted by Gasteiger charge is 2.19. The third-order valence-electron chi connectivity index (χ3n) is 0.975. The molecule has 0 unspecified atom stereocenters. The molecule has 1 fully saturated rings. The molecule has 2 N–H and O–H groups in total. The molecule has 3 nitrogen and oxygen atoms in total. The molecule has 1 aliphatic rings. The second kappa shape index (κ2) is 1.78. The molecule has 0 amide bonds. The minimum absolute atomic E-state index is 0.557. The van der Waals surface area contributed by atoms with Crippen molar-refractivity contribution in [3.63, 3.8) is 0 Å². The van der Waals surface area contributed by atoms with E-state index in [0.29, 0.717) is 12.8 Å². The molecule has 1 saturated heterocycles. The Kier molecular flexibility index (Phi) is 1.27. The highest BCUT2D eigenvalue weighted by Crippen LogP contribution is 2.13. The molecule has 0 aliphatic carbocycles. The lowest BCUT2D eigenvalue weighted by Gasteiger charge is -1.99. The predicted molar refractivity (Wildman–Crippen MR) is 22.3 cm³/mol. The van der Waals surface area contributed by atoms with Crippen molar-refractivity contribution < 1.29 is 14.9 Å². The van der Waals surface area contributed by atoms with Gasteiger partial charge in [-0.15, -0.1) is 0 Å². The lowest BCUT2D eigenvalue weighted by molar-refractivity contribution is -0.160. The molecule has 1 aliphatic heterocycles. The molecule has 2 atom stereocenters. The van der Waals surface area contributed by atoms with E-state index in [0.717, 1.165) is 0 Å². The van der Waals surface area contributed by atoms with Crippen molar-refractivity contribution in [2.45, 2.75) is 25.4 Å². The molecule has 0 radical (unpaired) electrons. The predicted octanol–water partition coefficient (Wildman–Crippen LogP) is -0.566. The van der Waals surface area contributed by atoms with E-state index in [-0.39, 0.29) is 0 Å². The van der Waals surface area contributed by atoms with Crippen LogP contribution < -0.4 is 0 Å². The molecule has 0 aromatic heterocycles. The summed E-state index contributed by atoms with van der Waals surface area (Å²) in [6, 6.07) is 0. The molecule has 0 bridgehead atoms. The van der Waals surface area contributed by atoms with Crippen molar-refractivity contribution in [1.82, 2.24) is 0 Å². The van der Waals surface area contributed by atoms with E-state index in [9.17, 15) is 0 Å². The molecular formula is C4H8O3. The summed E-state index contributed by atoms with van der Waals surface area (Å²) in [5, 5.41) is 17.0. The smallest absolute Gasteiger partial charge is 0.157 e. The second-order valence-electron chi connectivity index (χ2n) is 1.62. The van der Waals surface area contributed by atoms with Gasteiger partial charge in [-0.2, -0.15) is 0 Å². The van der Waals surface area contributed by atoms with E-state index in [1.54, 1.807) is 0 Å². The number of aliphatic hydroxyl groups is 2. The summed E-state index contributed by atoms with van der Waals surface area (Å²) in [7, 11) is 0. The van der Waals surface area contributed by atoms with Gasteiger partial charge in [0, 0.05) is 12.8 Å². The largest absolute Gasteiger partial charge is 0.368 e. The average Bonchev–Trinajstić information content (AvgIpc) is 1.87. The maximum absolute atomic E-state index is 8.52. The van der Waals surface area contributed by atoms with Crippen LogP contribution in [0.5, 0.6) is 0 Å². The Bertz CT molecular complexity index is 56.0. The monoisotopic (exact) mass is 104 g/mol. The van der Waals surface area contributed by atoms with Gasteiger partial charge in [0.25, 0.3) is 0 Å². The normalized spacial score (nSPS) is 42.0. The maximum atomic E-state index is 8.52. The van der Waals surface area contributed by atoms with Crippen LogP contribution in [0.2, 0.25) is 0 Å². The van der Waals surface area contributed by atoms with Gasteiger partial charge in [-0.3, -0.25) is 0 Å². The third-order valence-corrected chi connectivity index (χ3v) is 0.975. The Balaban J connectivity index is 2.26. The summed E-state index contributed by atoms with van der Waals surface area (Å²) in [4.78, 5) is 0. The topological polar surface area (TPSA) is 49.7 Å². The summed E-state index contributed by atoms with van der Waals surface area (Å²) in [6.45, 7) is 0. The quantitative estimate of drug-likeness (QED) is 0.433. The van der Waals surface area contributed by atoms with E-state index >= 15 is 0 Å². The molecule has 0 aromatic carbocycles. The van der Waals surface area contributed by atoms with Crippen LogP contribution in [0, 0.1) is 0 Å². The molecule has 42 valence electrons. The lowest BCUT2D eigenvalue weighted by atomic mass is 10.3. The molecule has 7 heavy (non-hydrogen) atoms. The Morgan fingerprint density at radius 3 is 1.71 bits per heavy atom. The van der Waals surface area contributed by atoms with Gasteiger partial charge in [-0.1, -0.05) is 0 Å². The molecule has 0 spiro atoms. The van der Waals surface area contributed by atoms with E-state index in [4.69, 9.17) is 10.2 Å². The number of rotatable bonds is 0. The highest BCUT2D eigenvalue weighted by atomic mass is 16.7. The number of aliphatic hydroxyl groups excluding tert-OH is 2. The second-order valence-corrected chi connectivity index (χ2v) is 1.62. The molecule has 0 aromatic rings. The van der Waals surface area contributed by atoms with Gasteiger partial charge in [0.1, 0.15) is 0 Å². The maximum Gasteiger partial charge on any atom is 0.157 e. The van der Waals surface area contributed by atoms with Crippen molar-refractivity contribution >= 4 is 0 Å². The average molecular weight is 104 g/mol. The van der Waals surface area contributed by atoms with Gasteiger partial charge < -0.3 is 14.9 Å². The van der Waals surface area contributed by atoms with E-state index in [2.05, 4.69) is 4.74 Å². The first-order chi connectivity index (χ1) is 3.29. The first-order valence-corrected chi connectivity index (χ1v) is 2.30. The standard InChI is InChI=1S/C4H8O3/c5-3-1-2-4(6)7-3/h3-6H,1-2H2/t3-,4+. The Morgan fingerprint density at radius 2 is 1.57 bits per heavy atom. The summed E-state index contributed by atoms with van der Waals surface area (Å²) in [6.07, 6.45) is -0.340. The van der Waals surface area contributed by atoms with Crippen LogP contribution in [0.3, 0.4) is 0 Å². The number of hydrogen-bond acceptors (Lipinski definition) is 3. The van der Waals surface area contributed by atoms with E-state index in [1.165, 1.54) is 0 Å². The van der Waals surface area contributed by atoms with Crippen LogP contribution in [-0.4, -0.2) is 22.8 Å². The van der Waals surface area contributed by atoms with Crippen molar-refractivity contribution in [3.05, 3.63) is 0 Å². The number of ether oxygens (including phenoxy) is 1. The van der Waals surface area contributed by atoms with Crippen LogP contribution in [0.15, 0.2) is 0 Å². The molecule has 1 heterocycles. The number of hydrogen-bond donors (Lipinski definition) is 2. The fourth-order valence-corrected chi connectivity index (χ4v) is 0.603. The summed E-state index contributed by atoms with van der Waals surface area (Å²) < 4.78 is 4.47. The van der Waals surface area contributed by atoms with Gasteiger partial charge in [0.05, 0.1) is 0 Å². The van der Waals surface area contributed by atoms with Gasteiger partial charge in [-0.25, -0.2) is 0 Å². The summed E-state index contributed by atoms with van der Waals surface area (Å²) in [5.41, 5.74) is 0. The Hall–Kier alpha value is -0.120. The summed E-state index contributed by atoms with van der Waals surface area (Å²) >= 11 is 0. The molecule has 1 rings (SSSR count). The zero-order valence-corrected chi connectivity index (χ0v) is 3.87. The van der Waals surface area contributed by atoms with Gasteiger partial charge >= 0.3 is 0 Å². The van der Waals surface area contributed by atoms with Crippen molar-refractivity contribution in [1.29, 1.82) is 0 Å². The highest BCUT2D eigenvalue weighted by molar-refractivity contribution is 4.54. The first-order valence-electron chi connectivity index (χ1n) is 2.30. The SMILES string of the molecule is O[C@@H]1CC[C@H](O)O1. The minimum atomic E-state index is -0.727. The van der Waals surface area contributed by atoms with E-state index < -0.39 is 12.6 Å². The fraction of sp³-hybridized carbons (Fsp3) is 1.00. The minimum Gasteiger partial charge on any atom is -0.368 e. The zero-order chi connectivity index (χ0) is 5.28. The van der Waals surface area contributed by atoms with Crippen molar-refractivity contribution in [2.24, 2.45) is 0 Å². The summed E-state index contributed by atoms with van der Waals surface area (Å²) in [5.74, 6) is 0. The fourth-order valence-electron chi connectivity index (χ4n) is 0.603. The van der Waals surface area contributed by atoms with Gasteiger partial charge in [-0.05, 0) is 0 Å². The van der Waals surface area contributed by atoms with Crippen LogP contribution in [-0.2, 0) is 4.74 Å². The van der Waals surface area contributed by atoms with Gasteiger partial charge in [0.15, 0.2) is 12.6 Å². The Morgan fingerprint density at radius 1 is 1.14 bits per heavy atom. The van der Waals surface area contributed by atoms with E-state index in [1.807, 2.05) is 0 Å².